The molecule has 0 spiro atoms. The van der Waals surface area contributed by atoms with Crippen molar-refractivity contribution in [2.24, 2.45) is 0 Å². The quantitative estimate of drug-likeness (QED) is 0.797. The maximum atomic E-state index is 12.1. The molecule has 3 nitrogen and oxygen atoms in total. The van der Waals surface area contributed by atoms with Crippen molar-refractivity contribution in [3.63, 3.8) is 0 Å². The maximum Gasteiger partial charge on any atom is 0.259 e. The van der Waals surface area contributed by atoms with E-state index in [2.05, 4.69) is 4.98 Å². The van der Waals surface area contributed by atoms with Crippen molar-refractivity contribution in [3.8, 4) is 0 Å². The third-order valence-electron chi connectivity index (χ3n) is 2.28. The van der Waals surface area contributed by atoms with Crippen LogP contribution >= 0.6 is 11.3 Å². The van der Waals surface area contributed by atoms with Crippen LogP contribution in [0.15, 0.2) is 35.8 Å². The van der Waals surface area contributed by atoms with E-state index in [1.807, 2.05) is 36.6 Å². The molecule has 0 atom stereocenters. The van der Waals surface area contributed by atoms with E-state index >= 15 is 0 Å². The normalized spacial score (nSPS) is 10.1. The molecule has 82 valence electrons. The number of hydrogen-bond acceptors (Lipinski definition) is 3. The van der Waals surface area contributed by atoms with E-state index in [0.717, 1.165) is 5.56 Å². The molecule has 0 saturated carbocycles. The lowest BCUT2D eigenvalue weighted by Crippen LogP contribution is -2.26. The van der Waals surface area contributed by atoms with Gasteiger partial charge in [0.25, 0.3) is 5.91 Å². The summed E-state index contributed by atoms with van der Waals surface area (Å²) in [6.45, 7) is 1.97. The summed E-state index contributed by atoms with van der Waals surface area (Å²) in [5.41, 5.74) is 1.77. The lowest BCUT2D eigenvalue weighted by molar-refractivity contribution is 0.0993. The smallest absolute Gasteiger partial charge is 0.259 e. The molecule has 0 unspecified atom stereocenters. The third kappa shape index (κ3) is 2.12. The molecule has 0 aliphatic heterocycles. The highest BCUT2D eigenvalue weighted by Crippen LogP contribution is 2.18. The number of amides is 1. The minimum atomic E-state index is -0.0290. The van der Waals surface area contributed by atoms with E-state index < -0.39 is 0 Å². The molecule has 0 aliphatic carbocycles. The van der Waals surface area contributed by atoms with Crippen LogP contribution in [0.1, 0.15) is 15.9 Å². The van der Waals surface area contributed by atoms with E-state index in [4.69, 9.17) is 0 Å². The Labute approximate surface area is 98.4 Å². The first-order valence-corrected chi connectivity index (χ1v) is 5.80. The number of anilines is 1. The number of aromatic nitrogens is 1. The fourth-order valence-corrected chi connectivity index (χ4v) is 2.05. The fourth-order valence-electron chi connectivity index (χ4n) is 1.44. The first-order chi connectivity index (χ1) is 7.68. The molecule has 1 amide bonds. The highest BCUT2D eigenvalue weighted by atomic mass is 32.1. The molecule has 0 N–H and O–H groups in total. The van der Waals surface area contributed by atoms with Crippen molar-refractivity contribution in [1.29, 1.82) is 0 Å². The van der Waals surface area contributed by atoms with E-state index in [0.29, 0.717) is 10.7 Å². The molecule has 16 heavy (non-hydrogen) atoms. The Kier molecular flexibility index (Phi) is 3.01. The van der Waals surface area contributed by atoms with E-state index in [9.17, 15) is 4.79 Å². The fraction of sp³-hybridized carbons (Fsp3) is 0.167. The molecule has 0 saturated heterocycles. The van der Waals surface area contributed by atoms with Gasteiger partial charge < -0.3 is 0 Å². The molecular weight excluding hydrogens is 220 g/mol. The van der Waals surface area contributed by atoms with Crippen molar-refractivity contribution < 1.29 is 4.79 Å². The summed E-state index contributed by atoms with van der Waals surface area (Å²) in [5, 5.41) is 2.57. The average molecular weight is 232 g/mol. The molecular formula is C12H12N2OS. The van der Waals surface area contributed by atoms with Crippen molar-refractivity contribution in [2.45, 2.75) is 6.92 Å². The number of carbonyl (C=O) groups excluding carboxylic acids is 1. The number of rotatable bonds is 2. The zero-order chi connectivity index (χ0) is 11.5. The van der Waals surface area contributed by atoms with Gasteiger partial charge in [-0.2, -0.15) is 0 Å². The van der Waals surface area contributed by atoms with Crippen LogP contribution in [-0.4, -0.2) is 17.9 Å². The van der Waals surface area contributed by atoms with Gasteiger partial charge in [0.2, 0.25) is 0 Å². The van der Waals surface area contributed by atoms with Crippen molar-refractivity contribution in [1.82, 2.24) is 4.98 Å². The molecule has 2 rings (SSSR count). The minimum Gasteiger partial charge on any atom is -0.287 e. The first-order valence-electron chi connectivity index (χ1n) is 4.92. The summed E-state index contributed by atoms with van der Waals surface area (Å²) in [4.78, 5) is 17.8. The molecule has 0 aliphatic rings. The van der Waals surface area contributed by atoms with Gasteiger partial charge in [-0.15, -0.1) is 11.3 Å². The Balaban J connectivity index is 2.26. The van der Waals surface area contributed by atoms with Gasteiger partial charge in [-0.05, 0) is 19.1 Å². The van der Waals surface area contributed by atoms with Gasteiger partial charge in [-0.25, -0.2) is 4.98 Å². The summed E-state index contributed by atoms with van der Waals surface area (Å²) in [7, 11) is 1.74. The van der Waals surface area contributed by atoms with Crippen LogP contribution in [0.5, 0.6) is 0 Å². The topological polar surface area (TPSA) is 33.2 Å². The van der Waals surface area contributed by atoms with E-state index in [1.165, 1.54) is 11.3 Å². The molecule has 0 fully saturated rings. The van der Waals surface area contributed by atoms with Crippen molar-refractivity contribution >= 4 is 22.4 Å². The molecule has 4 heteroatoms. The Hall–Kier alpha value is -1.68. The van der Waals surface area contributed by atoms with Gasteiger partial charge in [-0.1, -0.05) is 17.7 Å². The maximum absolute atomic E-state index is 12.1. The number of carbonyl (C=O) groups is 1. The van der Waals surface area contributed by atoms with Crippen LogP contribution in [0.2, 0.25) is 0 Å². The first kappa shape index (κ1) is 10.8. The Morgan fingerprint density at radius 1 is 1.44 bits per heavy atom. The number of benzene rings is 1. The van der Waals surface area contributed by atoms with Gasteiger partial charge in [0.15, 0.2) is 5.13 Å². The van der Waals surface area contributed by atoms with Crippen LogP contribution in [-0.2, 0) is 0 Å². The molecule has 2 aromatic rings. The molecule has 1 aromatic heterocycles. The summed E-state index contributed by atoms with van der Waals surface area (Å²) in [6, 6.07) is 7.56. The summed E-state index contributed by atoms with van der Waals surface area (Å²) >= 11 is 1.45. The molecule has 1 aromatic carbocycles. The zero-order valence-corrected chi connectivity index (χ0v) is 9.99. The van der Waals surface area contributed by atoms with Gasteiger partial charge in [0.1, 0.15) is 0 Å². The zero-order valence-electron chi connectivity index (χ0n) is 9.18. The van der Waals surface area contributed by atoms with Crippen molar-refractivity contribution in [2.75, 3.05) is 11.9 Å². The lowest BCUT2D eigenvalue weighted by Gasteiger charge is -2.13. The largest absolute Gasteiger partial charge is 0.287 e. The van der Waals surface area contributed by atoms with Gasteiger partial charge >= 0.3 is 0 Å². The molecule has 1 heterocycles. The molecule has 0 radical (unpaired) electrons. The second-order valence-electron chi connectivity index (χ2n) is 3.55. The predicted molar refractivity (Wildman–Crippen MR) is 66.0 cm³/mol. The van der Waals surface area contributed by atoms with Crippen LogP contribution in [0.3, 0.4) is 0 Å². The van der Waals surface area contributed by atoms with Crippen LogP contribution in [0, 0.1) is 6.92 Å². The Bertz CT molecular complexity index is 493. The summed E-state index contributed by atoms with van der Waals surface area (Å²) in [5.74, 6) is -0.0290. The van der Waals surface area contributed by atoms with Gasteiger partial charge in [-0.3, -0.25) is 9.69 Å². The predicted octanol–water partition coefficient (Wildman–Crippen LogP) is 2.73. The second-order valence-corrected chi connectivity index (χ2v) is 4.42. The summed E-state index contributed by atoms with van der Waals surface area (Å²) < 4.78 is 0. The van der Waals surface area contributed by atoms with Crippen LogP contribution in [0.25, 0.3) is 0 Å². The minimum absolute atomic E-state index is 0.0290. The average Bonchev–Trinajstić information content (AvgIpc) is 2.80. The van der Waals surface area contributed by atoms with E-state index in [1.54, 1.807) is 18.1 Å². The number of nitrogens with zero attached hydrogens (tertiary/aromatic N) is 2. The SMILES string of the molecule is Cc1cccc(C(=O)N(C)c2nccs2)c1. The lowest BCUT2D eigenvalue weighted by atomic mass is 10.1. The summed E-state index contributed by atoms with van der Waals surface area (Å²) in [6.07, 6.45) is 1.69. The van der Waals surface area contributed by atoms with Crippen LogP contribution in [0.4, 0.5) is 5.13 Å². The third-order valence-corrected chi connectivity index (χ3v) is 3.12. The number of thiazole rings is 1. The molecule has 0 bridgehead atoms. The number of aryl methyl sites for hydroxylation is 1. The van der Waals surface area contributed by atoms with Gasteiger partial charge in [0.05, 0.1) is 0 Å². The van der Waals surface area contributed by atoms with Gasteiger partial charge in [0, 0.05) is 24.2 Å². The highest BCUT2D eigenvalue weighted by Gasteiger charge is 2.14. The highest BCUT2D eigenvalue weighted by molar-refractivity contribution is 7.13. The Morgan fingerprint density at radius 2 is 2.25 bits per heavy atom. The number of hydrogen-bond donors (Lipinski definition) is 0. The standard InChI is InChI=1S/C12H12N2OS/c1-9-4-3-5-10(8-9)11(15)14(2)12-13-6-7-16-12/h3-8H,1-2H3. The monoisotopic (exact) mass is 232 g/mol. The van der Waals surface area contributed by atoms with Crippen molar-refractivity contribution in [3.05, 3.63) is 47.0 Å². The van der Waals surface area contributed by atoms with Crippen LogP contribution < -0.4 is 4.90 Å². The Morgan fingerprint density at radius 3 is 2.88 bits per heavy atom. The van der Waals surface area contributed by atoms with E-state index in [-0.39, 0.29) is 5.91 Å². The second kappa shape index (κ2) is 4.45.